The molecule has 0 amide bonds. The molecule has 1 aromatic heterocycles. The summed E-state index contributed by atoms with van der Waals surface area (Å²) < 4.78 is 6.94. The number of hydrogen-bond acceptors (Lipinski definition) is 6. The fourth-order valence-corrected chi connectivity index (χ4v) is 3.34. The van der Waals surface area contributed by atoms with Gasteiger partial charge in [0.15, 0.2) is 4.77 Å². The summed E-state index contributed by atoms with van der Waals surface area (Å²) >= 11 is 5.24. The summed E-state index contributed by atoms with van der Waals surface area (Å²) in [5.74, 6) is -0.199. The van der Waals surface area contributed by atoms with Crippen LogP contribution >= 0.6 is 12.2 Å². The molecular formula is C19H24N4O3S. The molecule has 0 spiro atoms. The fourth-order valence-electron chi connectivity index (χ4n) is 3.06. The molecule has 0 bridgehead atoms. The highest BCUT2D eigenvalue weighted by molar-refractivity contribution is 7.71. The predicted molar refractivity (Wildman–Crippen MR) is 108 cm³/mol. The van der Waals surface area contributed by atoms with E-state index >= 15 is 0 Å². The fraction of sp³-hybridized carbons (Fsp3) is 0.421. The first-order valence-electron chi connectivity index (χ1n) is 9.02. The minimum atomic E-state index is -0.445. The lowest BCUT2D eigenvalue weighted by molar-refractivity contribution is 0.0377. The van der Waals surface area contributed by atoms with Gasteiger partial charge in [0.05, 0.1) is 18.9 Å². The van der Waals surface area contributed by atoms with Gasteiger partial charge in [0.1, 0.15) is 5.56 Å². The molecule has 0 saturated carbocycles. The number of aryl methyl sites for hydroxylation is 1. The van der Waals surface area contributed by atoms with E-state index < -0.39 is 5.56 Å². The Bertz CT molecular complexity index is 929. The Balaban J connectivity index is 1.75. The zero-order valence-electron chi connectivity index (χ0n) is 15.4. The number of nitrogens with one attached hydrogen (secondary N) is 1. The summed E-state index contributed by atoms with van der Waals surface area (Å²) in [7, 11) is 0. The summed E-state index contributed by atoms with van der Waals surface area (Å²) in [4.78, 5) is 21.5. The van der Waals surface area contributed by atoms with Crippen LogP contribution in [0.25, 0.3) is 5.69 Å². The molecule has 144 valence electrons. The monoisotopic (exact) mass is 388 g/mol. The van der Waals surface area contributed by atoms with Gasteiger partial charge in [0, 0.05) is 32.4 Å². The van der Waals surface area contributed by atoms with Gasteiger partial charge in [0.25, 0.3) is 5.56 Å². The van der Waals surface area contributed by atoms with E-state index in [4.69, 9.17) is 17.0 Å². The smallest absolute Gasteiger partial charge is 0.264 e. The number of aromatic amines is 1. The maximum Gasteiger partial charge on any atom is 0.264 e. The lowest BCUT2D eigenvalue weighted by Crippen LogP contribution is -2.37. The van der Waals surface area contributed by atoms with E-state index in [-0.39, 0.29) is 16.2 Å². The van der Waals surface area contributed by atoms with Crippen LogP contribution in [-0.4, -0.2) is 65.2 Å². The highest BCUT2D eigenvalue weighted by Gasteiger charge is 2.14. The molecule has 2 heterocycles. The van der Waals surface area contributed by atoms with E-state index in [9.17, 15) is 9.90 Å². The molecule has 7 nitrogen and oxygen atoms in total. The van der Waals surface area contributed by atoms with Gasteiger partial charge in [-0.25, -0.2) is 0 Å². The van der Waals surface area contributed by atoms with Crippen LogP contribution in [0.2, 0.25) is 0 Å². The first kappa shape index (κ1) is 19.5. The summed E-state index contributed by atoms with van der Waals surface area (Å²) in [6.45, 7) is 6.88. The summed E-state index contributed by atoms with van der Waals surface area (Å²) in [6.07, 6.45) is 2.31. The summed E-state index contributed by atoms with van der Waals surface area (Å²) in [6, 6.07) is 7.52. The Hall–Kier alpha value is -2.29. The molecule has 0 aliphatic carbocycles. The third kappa shape index (κ3) is 4.71. The largest absolute Gasteiger partial charge is 0.494 e. The standard InChI is InChI=1S/C19H24N4O3S/c1-14-5-2-3-6-16(14)23-18(25)15(17(24)21-19(23)27)13-20-7-4-8-22-9-11-26-12-10-22/h2-3,5-6,13,25H,4,7-12H2,1H3,(H,21,24,27). The van der Waals surface area contributed by atoms with Crippen LogP contribution < -0.4 is 5.56 Å². The molecule has 27 heavy (non-hydrogen) atoms. The van der Waals surface area contributed by atoms with Crippen LogP contribution in [0, 0.1) is 11.7 Å². The van der Waals surface area contributed by atoms with Crippen molar-refractivity contribution in [3.63, 3.8) is 0 Å². The second kappa shape index (κ2) is 9.07. The van der Waals surface area contributed by atoms with Gasteiger partial charge >= 0.3 is 0 Å². The molecule has 8 heteroatoms. The number of H-pyrrole nitrogens is 1. The van der Waals surface area contributed by atoms with E-state index in [0.717, 1.165) is 50.5 Å². The molecule has 1 fully saturated rings. The second-order valence-electron chi connectivity index (χ2n) is 6.46. The minimum absolute atomic E-state index is 0.109. The number of para-hydroxylation sites is 1. The maximum absolute atomic E-state index is 12.2. The molecule has 3 rings (SSSR count). The number of benzene rings is 1. The van der Waals surface area contributed by atoms with Gasteiger partial charge in [-0.1, -0.05) is 18.2 Å². The maximum atomic E-state index is 12.2. The van der Waals surface area contributed by atoms with Crippen molar-refractivity contribution in [2.75, 3.05) is 39.4 Å². The van der Waals surface area contributed by atoms with Gasteiger partial charge < -0.3 is 9.84 Å². The lowest BCUT2D eigenvalue weighted by Gasteiger charge is -2.26. The van der Waals surface area contributed by atoms with E-state index in [0.29, 0.717) is 6.54 Å². The number of aromatic nitrogens is 2. The molecule has 1 aromatic carbocycles. The van der Waals surface area contributed by atoms with Crippen LogP contribution in [0.3, 0.4) is 0 Å². The number of aliphatic imine (C=N–C) groups is 1. The average Bonchev–Trinajstić information content (AvgIpc) is 2.66. The van der Waals surface area contributed by atoms with Gasteiger partial charge in [0.2, 0.25) is 5.88 Å². The topological polar surface area (TPSA) is 82.8 Å². The second-order valence-corrected chi connectivity index (χ2v) is 6.85. The Morgan fingerprint density at radius 2 is 2.07 bits per heavy atom. The Morgan fingerprint density at radius 1 is 1.33 bits per heavy atom. The molecule has 1 aliphatic rings. The number of hydrogen-bond donors (Lipinski definition) is 2. The average molecular weight is 388 g/mol. The highest BCUT2D eigenvalue weighted by Crippen LogP contribution is 2.21. The third-order valence-electron chi connectivity index (χ3n) is 4.56. The van der Waals surface area contributed by atoms with Gasteiger partial charge in [-0.3, -0.25) is 24.2 Å². The van der Waals surface area contributed by atoms with E-state index in [1.807, 2.05) is 31.2 Å². The quantitative estimate of drug-likeness (QED) is 0.450. The molecule has 1 saturated heterocycles. The van der Waals surface area contributed by atoms with Crippen LogP contribution in [0.1, 0.15) is 17.5 Å². The summed E-state index contributed by atoms with van der Waals surface area (Å²) in [5.41, 5.74) is 1.32. The highest BCUT2D eigenvalue weighted by atomic mass is 32.1. The number of rotatable bonds is 6. The molecular weight excluding hydrogens is 364 g/mol. The van der Waals surface area contributed by atoms with Crippen LogP contribution in [0.4, 0.5) is 0 Å². The van der Waals surface area contributed by atoms with Gasteiger partial charge in [-0.15, -0.1) is 0 Å². The Morgan fingerprint density at radius 3 is 2.81 bits per heavy atom. The van der Waals surface area contributed by atoms with Crippen LogP contribution in [0.15, 0.2) is 34.1 Å². The molecule has 1 aliphatic heterocycles. The van der Waals surface area contributed by atoms with Crippen molar-refractivity contribution >= 4 is 18.4 Å². The lowest BCUT2D eigenvalue weighted by atomic mass is 10.2. The Labute approximate surface area is 162 Å². The van der Waals surface area contributed by atoms with Crippen molar-refractivity contribution in [1.82, 2.24) is 14.5 Å². The molecule has 2 aromatic rings. The molecule has 0 unspecified atom stereocenters. The van der Waals surface area contributed by atoms with Gasteiger partial charge in [-0.2, -0.15) is 0 Å². The molecule has 2 N–H and O–H groups in total. The van der Waals surface area contributed by atoms with Crippen molar-refractivity contribution in [1.29, 1.82) is 0 Å². The van der Waals surface area contributed by atoms with E-state index in [1.165, 1.54) is 10.8 Å². The van der Waals surface area contributed by atoms with Crippen molar-refractivity contribution in [2.45, 2.75) is 13.3 Å². The van der Waals surface area contributed by atoms with E-state index in [1.54, 1.807) is 0 Å². The number of ether oxygens (including phenoxy) is 1. The third-order valence-corrected chi connectivity index (χ3v) is 4.85. The molecule has 0 atom stereocenters. The summed E-state index contributed by atoms with van der Waals surface area (Å²) in [5, 5.41) is 10.7. The normalized spacial score (nSPS) is 15.4. The predicted octanol–water partition coefficient (Wildman–Crippen LogP) is 2.05. The van der Waals surface area contributed by atoms with Crippen molar-refractivity contribution in [3.05, 3.63) is 50.5 Å². The molecule has 0 radical (unpaired) electrons. The first-order valence-corrected chi connectivity index (χ1v) is 9.43. The zero-order valence-corrected chi connectivity index (χ0v) is 16.2. The number of nitrogens with zero attached hydrogens (tertiary/aromatic N) is 3. The zero-order chi connectivity index (χ0) is 19.2. The van der Waals surface area contributed by atoms with Crippen molar-refractivity contribution < 1.29 is 9.84 Å². The van der Waals surface area contributed by atoms with E-state index in [2.05, 4.69) is 14.9 Å². The minimum Gasteiger partial charge on any atom is -0.494 e. The number of morpholine rings is 1. The Kier molecular flexibility index (Phi) is 6.54. The van der Waals surface area contributed by atoms with Crippen molar-refractivity contribution in [2.24, 2.45) is 4.99 Å². The van der Waals surface area contributed by atoms with Crippen LogP contribution in [-0.2, 0) is 4.74 Å². The first-order chi connectivity index (χ1) is 13.1. The van der Waals surface area contributed by atoms with Crippen molar-refractivity contribution in [3.8, 4) is 11.6 Å². The van der Waals surface area contributed by atoms with Crippen LogP contribution in [0.5, 0.6) is 5.88 Å². The van der Waals surface area contributed by atoms with Gasteiger partial charge in [-0.05, 0) is 37.2 Å². The number of aromatic hydroxyl groups is 1. The SMILES string of the molecule is Cc1ccccc1-n1c(O)c(C=NCCCN2CCOCC2)c(=O)[nH]c1=S.